The van der Waals surface area contributed by atoms with Gasteiger partial charge in [0.1, 0.15) is 11.9 Å². The van der Waals surface area contributed by atoms with Gasteiger partial charge in [-0.1, -0.05) is 23.7 Å². The van der Waals surface area contributed by atoms with Gasteiger partial charge in [-0.3, -0.25) is 0 Å². The number of hydrogen-bond acceptors (Lipinski definition) is 3. The zero-order chi connectivity index (χ0) is 11.9. The lowest BCUT2D eigenvalue weighted by Crippen LogP contribution is -2.42. The summed E-state index contributed by atoms with van der Waals surface area (Å²) in [5.74, 6) is 0.118. The van der Waals surface area contributed by atoms with Gasteiger partial charge in [0, 0.05) is 18.4 Å². The Bertz CT molecular complexity index is 427. The first kappa shape index (κ1) is 11.3. The van der Waals surface area contributed by atoms with Crippen LogP contribution in [-0.2, 0) is 4.74 Å². The molecule has 1 atom stereocenters. The molecule has 1 heterocycles. The van der Waals surface area contributed by atoms with Crippen LogP contribution in [0.3, 0.4) is 0 Å². The molecule has 0 aromatic heterocycles. The molecular formula is C13H15ClO3. The number of aliphatic hydroxyl groups is 1. The number of hydrogen-bond donors (Lipinski definition) is 1. The number of halogens is 1. The molecule has 1 fully saturated rings. The van der Waals surface area contributed by atoms with Crippen LogP contribution in [0.25, 0.3) is 0 Å². The molecule has 2 aliphatic rings. The lowest BCUT2D eigenvalue weighted by Gasteiger charge is -2.39. The van der Waals surface area contributed by atoms with E-state index in [0.717, 1.165) is 31.2 Å². The fourth-order valence-electron chi connectivity index (χ4n) is 2.69. The molecule has 1 N–H and O–H groups in total. The van der Waals surface area contributed by atoms with E-state index in [9.17, 15) is 5.11 Å². The quantitative estimate of drug-likeness (QED) is 0.837. The number of para-hydroxylation sites is 1. The number of fused-ring (bicyclic) bond motifs is 1. The standard InChI is InChI=1S/C13H15ClO3/c14-10-5-3-4-9-11(8-15)16-13(17-12(9)10)6-1-2-7-13/h3-5,11,15H,1-2,6-8H2. The summed E-state index contributed by atoms with van der Waals surface area (Å²) in [4.78, 5) is 0. The van der Waals surface area contributed by atoms with Crippen molar-refractivity contribution in [2.45, 2.75) is 37.6 Å². The van der Waals surface area contributed by atoms with E-state index in [1.165, 1.54) is 0 Å². The zero-order valence-corrected chi connectivity index (χ0v) is 10.2. The molecule has 3 nitrogen and oxygen atoms in total. The third-order valence-electron chi connectivity index (χ3n) is 3.52. The average Bonchev–Trinajstić information content (AvgIpc) is 2.78. The molecule has 4 heteroatoms. The van der Waals surface area contributed by atoms with Crippen molar-refractivity contribution in [3.05, 3.63) is 28.8 Å². The summed E-state index contributed by atoms with van der Waals surface area (Å²) in [6.07, 6.45) is 3.61. The highest BCUT2D eigenvalue weighted by Crippen LogP contribution is 2.48. The third-order valence-corrected chi connectivity index (χ3v) is 3.82. The monoisotopic (exact) mass is 254 g/mol. The van der Waals surface area contributed by atoms with Gasteiger partial charge >= 0.3 is 0 Å². The van der Waals surface area contributed by atoms with Crippen LogP contribution < -0.4 is 4.74 Å². The van der Waals surface area contributed by atoms with Crippen molar-refractivity contribution in [3.63, 3.8) is 0 Å². The van der Waals surface area contributed by atoms with Gasteiger partial charge in [0.25, 0.3) is 0 Å². The van der Waals surface area contributed by atoms with Crippen LogP contribution in [0.1, 0.15) is 37.4 Å². The number of benzene rings is 1. The van der Waals surface area contributed by atoms with Crippen molar-refractivity contribution in [2.24, 2.45) is 0 Å². The fourth-order valence-corrected chi connectivity index (χ4v) is 2.91. The topological polar surface area (TPSA) is 38.7 Å². The SMILES string of the molecule is OCC1OC2(CCCC2)Oc2c(Cl)cccc21. The molecule has 1 aromatic carbocycles. The van der Waals surface area contributed by atoms with Crippen LogP contribution in [0.15, 0.2) is 18.2 Å². The van der Waals surface area contributed by atoms with Gasteiger partial charge in [-0.15, -0.1) is 0 Å². The third kappa shape index (κ3) is 1.82. The Balaban J connectivity index is 2.04. The Kier molecular flexibility index (Phi) is 2.77. The fraction of sp³-hybridized carbons (Fsp3) is 0.538. The Hall–Kier alpha value is -0.770. The summed E-state index contributed by atoms with van der Waals surface area (Å²) in [6, 6.07) is 5.55. The lowest BCUT2D eigenvalue weighted by atomic mass is 10.0. The van der Waals surface area contributed by atoms with Gasteiger partial charge in [-0.25, -0.2) is 0 Å². The molecule has 17 heavy (non-hydrogen) atoms. The summed E-state index contributed by atoms with van der Waals surface area (Å²) in [7, 11) is 0. The molecule has 3 rings (SSSR count). The molecular weight excluding hydrogens is 240 g/mol. The molecule has 1 saturated carbocycles. The molecule has 92 valence electrons. The van der Waals surface area contributed by atoms with Gasteiger partial charge in [-0.2, -0.15) is 0 Å². The average molecular weight is 255 g/mol. The highest BCUT2D eigenvalue weighted by atomic mass is 35.5. The Morgan fingerprint density at radius 2 is 2.12 bits per heavy atom. The first-order valence-electron chi connectivity index (χ1n) is 6.00. The van der Waals surface area contributed by atoms with Crippen LogP contribution in [0.4, 0.5) is 0 Å². The number of aliphatic hydroxyl groups excluding tert-OH is 1. The van der Waals surface area contributed by atoms with Gasteiger partial charge in [-0.05, 0) is 18.9 Å². The van der Waals surface area contributed by atoms with Gasteiger partial charge in [0.2, 0.25) is 5.79 Å². The van der Waals surface area contributed by atoms with E-state index in [4.69, 9.17) is 21.1 Å². The van der Waals surface area contributed by atoms with Crippen LogP contribution >= 0.6 is 11.6 Å². The summed E-state index contributed by atoms with van der Waals surface area (Å²) in [5.41, 5.74) is 0.845. The van der Waals surface area contributed by atoms with Crippen molar-refractivity contribution < 1.29 is 14.6 Å². The van der Waals surface area contributed by atoms with Crippen molar-refractivity contribution in [1.29, 1.82) is 0 Å². The van der Waals surface area contributed by atoms with E-state index in [1.807, 2.05) is 18.2 Å². The molecule has 1 aliphatic carbocycles. The Morgan fingerprint density at radius 1 is 1.35 bits per heavy atom. The van der Waals surface area contributed by atoms with E-state index in [0.29, 0.717) is 10.8 Å². The maximum Gasteiger partial charge on any atom is 0.211 e. The second-order valence-corrected chi connectivity index (χ2v) is 5.07. The normalized spacial score (nSPS) is 25.6. The minimum absolute atomic E-state index is 0.0432. The second kappa shape index (κ2) is 4.16. The van der Waals surface area contributed by atoms with E-state index >= 15 is 0 Å². The first-order chi connectivity index (χ1) is 8.24. The minimum Gasteiger partial charge on any atom is -0.460 e. The predicted molar refractivity (Wildman–Crippen MR) is 64.2 cm³/mol. The van der Waals surface area contributed by atoms with Crippen LogP contribution in [0.5, 0.6) is 5.75 Å². The summed E-state index contributed by atoms with van der Waals surface area (Å²) in [6.45, 7) is -0.0432. The molecule has 0 radical (unpaired) electrons. The maximum absolute atomic E-state index is 9.45. The molecule has 1 unspecified atom stereocenters. The lowest BCUT2D eigenvalue weighted by molar-refractivity contribution is -0.232. The number of rotatable bonds is 1. The van der Waals surface area contributed by atoms with Crippen LogP contribution in [0, 0.1) is 0 Å². The zero-order valence-electron chi connectivity index (χ0n) is 9.49. The number of ether oxygens (including phenoxy) is 2. The maximum atomic E-state index is 9.45. The molecule has 0 bridgehead atoms. The van der Waals surface area contributed by atoms with Crippen LogP contribution in [-0.4, -0.2) is 17.5 Å². The molecule has 1 aromatic rings. The molecule has 0 amide bonds. The summed E-state index contributed by atoms with van der Waals surface area (Å²) >= 11 is 6.16. The highest BCUT2D eigenvalue weighted by molar-refractivity contribution is 6.32. The van der Waals surface area contributed by atoms with Gasteiger partial charge in [0.15, 0.2) is 0 Å². The minimum atomic E-state index is -0.564. The highest BCUT2D eigenvalue weighted by Gasteiger charge is 2.44. The van der Waals surface area contributed by atoms with E-state index in [-0.39, 0.29) is 12.7 Å². The Morgan fingerprint density at radius 3 is 2.82 bits per heavy atom. The van der Waals surface area contributed by atoms with Crippen molar-refractivity contribution in [2.75, 3.05) is 6.61 Å². The summed E-state index contributed by atoms with van der Waals surface area (Å²) in [5, 5.41) is 10.0. The predicted octanol–water partition coefficient (Wildman–Crippen LogP) is 3.05. The van der Waals surface area contributed by atoms with Crippen LogP contribution in [0.2, 0.25) is 5.02 Å². The van der Waals surface area contributed by atoms with Crippen molar-refractivity contribution in [3.8, 4) is 5.75 Å². The van der Waals surface area contributed by atoms with E-state index in [1.54, 1.807) is 0 Å². The smallest absolute Gasteiger partial charge is 0.211 e. The van der Waals surface area contributed by atoms with Gasteiger partial charge < -0.3 is 14.6 Å². The summed E-state index contributed by atoms with van der Waals surface area (Å²) < 4.78 is 11.9. The molecule has 1 aliphatic heterocycles. The largest absolute Gasteiger partial charge is 0.460 e. The van der Waals surface area contributed by atoms with Gasteiger partial charge in [0.05, 0.1) is 11.6 Å². The van der Waals surface area contributed by atoms with Crippen molar-refractivity contribution >= 4 is 11.6 Å². The van der Waals surface area contributed by atoms with Crippen molar-refractivity contribution in [1.82, 2.24) is 0 Å². The second-order valence-electron chi connectivity index (χ2n) is 4.67. The molecule has 0 saturated heterocycles. The van der Waals surface area contributed by atoms with E-state index in [2.05, 4.69) is 0 Å². The van der Waals surface area contributed by atoms with E-state index < -0.39 is 5.79 Å². The molecule has 1 spiro atoms. The first-order valence-corrected chi connectivity index (χ1v) is 6.38. The Labute approximate surface area is 105 Å².